The van der Waals surface area contributed by atoms with Crippen molar-refractivity contribution in [2.75, 3.05) is 6.61 Å². The van der Waals surface area contributed by atoms with Gasteiger partial charge in [0.25, 0.3) is 0 Å². The van der Waals surface area contributed by atoms with E-state index in [-0.39, 0.29) is 18.2 Å². The number of carbonyl (C=O) groups excluding carboxylic acids is 1. The topological polar surface area (TPSA) is 66.8 Å². The molecule has 0 fully saturated rings. The zero-order valence-corrected chi connectivity index (χ0v) is 26.8. The average molecular weight is 565 g/mol. The van der Waals surface area contributed by atoms with Crippen molar-refractivity contribution in [1.82, 2.24) is 0 Å². The highest BCUT2D eigenvalue weighted by Crippen LogP contribution is 2.13. The van der Waals surface area contributed by atoms with Crippen LogP contribution < -0.4 is 0 Å². The number of hydrogen-bond acceptors (Lipinski definition) is 4. The quantitative estimate of drug-likeness (QED) is 0.0499. The van der Waals surface area contributed by atoms with Crippen LogP contribution in [-0.4, -0.2) is 35.0 Å². The number of hydrogen-bond donors (Lipinski definition) is 2. The second kappa shape index (κ2) is 32.4. The molecular weight excluding hydrogens is 496 g/mol. The van der Waals surface area contributed by atoms with Gasteiger partial charge in [0.15, 0.2) is 0 Å². The predicted molar refractivity (Wildman–Crippen MR) is 173 cm³/mol. The maximum absolute atomic E-state index is 11.9. The molecule has 0 aliphatic carbocycles. The number of carbonyl (C=O) groups is 1. The number of esters is 1. The Morgan fingerprint density at radius 2 is 0.975 bits per heavy atom. The first kappa shape index (κ1) is 38.9. The molecule has 0 aromatic heterocycles. The lowest BCUT2D eigenvalue weighted by atomic mass is 10.1. The van der Waals surface area contributed by atoms with E-state index >= 15 is 0 Å². The van der Waals surface area contributed by atoms with E-state index in [2.05, 4.69) is 38.2 Å². The summed E-state index contributed by atoms with van der Waals surface area (Å²) < 4.78 is 5.40. The van der Waals surface area contributed by atoms with Gasteiger partial charge in [0.05, 0.1) is 18.8 Å². The van der Waals surface area contributed by atoms with Gasteiger partial charge in [0.2, 0.25) is 0 Å². The summed E-state index contributed by atoms with van der Waals surface area (Å²) in [6, 6.07) is 0. The molecule has 236 valence electrons. The van der Waals surface area contributed by atoms with Gasteiger partial charge in [-0.25, -0.2) is 0 Å². The van der Waals surface area contributed by atoms with E-state index in [1.165, 1.54) is 83.5 Å². The van der Waals surface area contributed by atoms with Crippen molar-refractivity contribution in [3.8, 4) is 0 Å². The fourth-order valence-electron chi connectivity index (χ4n) is 4.98. The van der Waals surface area contributed by atoms with Crippen LogP contribution in [-0.2, 0) is 9.53 Å². The van der Waals surface area contributed by atoms with Crippen molar-refractivity contribution in [2.45, 2.75) is 193 Å². The number of rotatable bonds is 31. The third-order valence-corrected chi connectivity index (χ3v) is 7.71. The van der Waals surface area contributed by atoms with Crippen LogP contribution in [0.15, 0.2) is 24.3 Å². The molecular formula is C36H68O4. The molecule has 0 aromatic carbocycles. The Kier molecular flexibility index (Phi) is 31.5. The molecule has 2 atom stereocenters. The maximum Gasteiger partial charge on any atom is 0.305 e. The minimum Gasteiger partial charge on any atom is -0.466 e. The van der Waals surface area contributed by atoms with Crippen molar-refractivity contribution >= 4 is 5.97 Å². The highest BCUT2D eigenvalue weighted by molar-refractivity contribution is 5.69. The molecule has 0 rings (SSSR count). The first-order valence-electron chi connectivity index (χ1n) is 17.4. The van der Waals surface area contributed by atoms with Gasteiger partial charge in [-0.3, -0.25) is 4.79 Å². The fourth-order valence-corrected chi connectivity index (χ4v) is 4.98. The van der Waals surface area contributed by atoms with Gasteiger partial charge in [-0.2, -0.15) is 0 Å². The van der Waals surface area contributed by atoms with E-state index in [9.17, 15) is 15.0 Å². The van der Waals surface area contributed by atoms with E-state index in [0.29, 0.717) is 13.0 Å². The van der Waals surface area contributed by atoms with Gasteiger partial charge in [0.1, 0.15) is 0 Å². The minimum absolute atomic E-state index is 0.0333. The lowest BCUT2D eigenvalue weighted by Crippen LogP contribution is -2.05. The van der Waals surface area contributed by atoms with Gasteiger partial charge >= 0.3 is 5.97 Å². The van der Waals surface area contributed by atoms with Crippen molar-refractivity contribution in [3.05, 3.63) is 24.3 Å². The van der Waals surface area contributed by atoms with E-state index in [4.69, 9.17) is 4.74 Å². The largest absolute Gasteiger partial charge is 0.466 e. The van der Waals surface area contributed by atoms with Gasteiger partial charge in [-0.05, 0) is 64.2 Å². The third-order valence-electron chi connectivity index (χ3n) is 7.71. The summed E-state index contributed by atoms with van der Waals surface area (Å²) in [4.78, 5) is 11.9. The Labute approximate surface area is 249 Å². The third kappa shape index (κ3) is 31.4. The van der Waals surface area contributed by atoms with Crippen molar-refractivity contribution < 1.29 is 19.7 Å². The number of ether oxygens (including phenoxy) is 1. The highest BCUT2D eigenvalue weighted by Gasteiger charge is 2.03. The van der Waals surface area contributed by atoms with E-state index in [1.807, 2.05) is 0 Å². The van der Waals surface area contributed by atoms with Crippen LogP contribution in [0, 0.1) is 0 Å². The average Bonchev–Trinajstić information content (AvgIpc) is 2.95. The van der Waals surface area contributed by atoms with Gasteiger partial charge in [-0.1, -0.05) is 134 Å². The van der Waals surface area contributed by atoms with Crippen LogP contribution in [0.1, 0.15) is 181 Å². The van der Waals surface area contributed by atoms with Gasteiger partial charge in [0, 0.05) is 6.42 Å². The number of allylic oxidation sites excluding steroid dienone is 2. The van der Waals surface area contributed by atoms with E-state index < -0.39 is 0 Å². The molecule has 40 heavy (non-hydrogen) atoms. The summed E-state index contributed by atoms with van der Waals surface area (Å²) >= 11 is 0. The lowest BCUT2D eigenvalue weighted by Gasteiger charge is -2.07. The number of unbranched alkanes of at least 4 members (excludes halogenated alkanes) is 17. The molecule has 0 heterocycles. The molecule has 2 N–H and O–H groups in total. The fraction of sp³-hybridized carbons (Fsp3) is 0.861. The molecule has 0 amide bonds. The molecule has 0 saturated carbocycles. The van der Waals surface area contributed by atoms with E-state index in [0.717, 1.165) is 77.0 Å². The zero-order valence-electron chi connectivity index (χ0n) is 26.8. The molecule has 0 aliphatic heterocycles. The molecule has 4 nitrogen and oxygen atoms in total. The van der Waals surface area contributed by atoms with Crippen molar-refractivity contribution in [2.24, 2.45) is 0 Å². The zero-order chi connectivity index (χ0) is 29.4. The Bertz CT molecular complexity index is 571. The van der Waals surface area contributed by atoms with Gasteiger partial charge in [-0.15, -0.1) is 0 Å². The molecule has 0 aliphatic rings. The molecule has 0 bridgehead atoms. The monoisotopic (exact) mass is 565 g/mol. The Morgan fingerprint density at radius 3 is 1.48 bits per heavy atom. The predicted octanol–water partition coefficient (Wildman–Crippen LogP) is 10.5. The Balaban J connectivity index is 3.35. The van der Waals surface area contributed by atoms with Crippen LogP contribution in [0.5, 0.6) is 0 Å². The van der Waals surface area contributed by atoms with Crippen molar-refractivity contribution in [3.63, 3.8) is 0 Å². The summed E-state index contributed by atoms with van der Waals surface area (Å²) in [5.74, 6) is -0.0333. The Hall–Kier alpha value is -1.13. The highest BCUT2D eigenvalue weighted by atomic mass is 16.5. The summed E-state index contributed by atoms with van der Waals surface area (Å²) in [6.45, 7) is 5.00. The Morgan fingerprint density at radius 1 is 0.550 bits per heavy atom. The van der Waals surface area contributed by atoms with Crippen LogP contribution in [0.2, 0.25) is 0 Å². The standard InChI is InChI=1S/C36H68O4/c1-3-5-7-22-28-34(37)30-24-18-14-10-9-13-17-21-27-33-40-36(39)32-26-20-16-12-11-15-19-25-31-35(38)29-23-8-6-4-2/h18-19,24-25,34-35,37-38H,3-17,20-23,26-33H2,1-2H3/b24-18-,25-19-/t34-,35+/m0/s1. The first-order valence-corrected chi connectivity index (χ1v) is 17.4. The number of aliphatic hydroxyl groups is 2. The second-order valence-corrected chi connectivity index (χ2v) is 11.9. The summed E-state index contributed by atoms with van der Waals surface area (Å²) in [5, 5.41) is 20.0. The summed E-state index contributed by atoms with van der Waals surface area (Å²) in [6.07, 6.45) is 37.1. The smallest absolute Gasteiger partial charge is 0.305 e. The first-order chi connectivity index (χ1) is 19.6. The van der Waals surface area contributed by atoms with Crippen LogP contribution in [0.4, 0.5) is 0 Å². The summed E-state index contributed by atoms with van der Waals surface area (Å²) in [7, 11) is 0. The summed E-state index contributed by atoms with van der Waals surface area (Å²) in [5.41, 5.74) is 0. The van der Waals surface area contributed by atoms with Crippen molar-refractivity contribution in [1.29, 1.82) is 0 Å². The lowest BCUT2D eigenvalue weighted by molar-refractivity contribution is -0.143. The number of aliphatic hydroxyl groups excluding tert-OH is 2. The molecule has 0 saturated heterocycles. The molecule has 0 radical (unpaired) electrons. The second-order valence-electron chi connectivity index (χ2n) is 11.9. The van der Waals surface area contributed by atoms with Crippen LogP contribution >= 0.6 is 0 Å². The molecule has 0 aromatic rings. The molecule has 0 unspecified atom stereocenters. The van der Waals surface area contributed by atoms with E-state index in [1.54, 1.807) is 0 Å². The van der Waals surface area contributed by atoms with Gasteiger partial charge < -0.3 is 14.9 Å². The minimum atomic E-state index is -0.173. The van der Waals surface area contributed by atoms with Crippen LogP contribution in [0.25, 0.3) is 0 Å². The van der Waals surface area contributed by atoms with Crippen LogP contribution in [0.3, 0.4) is 0 Å². The normalized spacial score (nSPS) is 13.4. The maximum atomic E-state index is 11.9. The molecule has 0 spiro atoms. The molecule has 4 heteroatoms. The SMILES string of the molecule is CCCCCC[C@H](O)C/C=C\CCCCCCCCOC(=O)CCCCCCC/C=C\C[C@H](O)CCCCCC.